The third-order valence-electron chi connectivity index (χ3n) is 2.35. The predicted octanol–water partition coefficient (Wildman–Crippen LogP) is 1.70. The van der Waals surface area contributed by atoms with Gasteiger partial charge in [-0.1, -0.05) is 6.07 Å². The second kappa shape index (κ2) is 8.27. The summed E-state index contributed by atoms with van der Waals surface area (Å²) in [6.45, 7) is 4.71. The third-order valence-corrected chi connectivity index (χ3v) is 2.35. The highest BCUT2D eigenvalue weighted by atomic mass is 19.1. The summed E-state index contributed by atoms with van der Waals surface area (Å²) < 4.78 is 18.2. The van der Waals surface area contributed by atoms with Crippen LogP contribution >= 0.6 is 0 Å². The largest absolute Gasteiger partial charge is 0.379 e. The molecule has 0 saturated carbocycles. The number of benzene rings is 1. The molecule has 0 radical (unpaired) electrons. The van der Waals surface area contributed by atoms with Crippen LogP contribution < -0.4 is 10.6 Å². The lowest BCUT2D eigenvalue weighted by Crippen LogP contribution is -2.36. The molecule has 0 atom stereocenters. The zero-order valence-corrected chi connectivity index (χ0v) is 11.6. The van der Waals surface area contributed by atoms with Gasteiger partial charge in [0.15, 0.2) is 0 Å². The molecule has 0 aliphatic heterocycles. The van der Waals surface area contributed by atoms with E-state index in [0.717, 1.165) is 6.07 Å². The predicted molar refractivity (Wildman–Crippen MR) is 73.7 cm³/mol. The first-order valence-electron chi connectivity index (χ1n) is 6.45. The van der Waals surface area contributed by atoms with Gasteiger partial charge in [-0.2, -0.15) is 0 Å². The second-order valence-corrected chi connectivity index (χ2v) is 4.49. The lowest BCUT2D eigenvalue weighted by atomic mass is 10.3. The van der Waals surface area contributed by atoms with Gasteiger partial charge in [0.05, 0.1) is 6.10 Å². The van der Waals surface area contributed by atoms with Crippen molar-refractivity contribution < 1.29 is 18.7 Å². The van der Waals surface area contributed by atoms with E-state index in [-0.39, 0.29) is 11.8 Å². The Balaban J connectivity index is 2.27. The van der Waals surface area contributed by atoms with E-state index in [0.29, 0.717) is 19.6 Å². The zero-order valence-electron chi connectivity index (χ0n) is 11.6. The molecular weight excluding hydrogens is 263 g/mol. The zero-order chi connectivity index (χ0) is 15.0. The standard InChI is InChI=1S/C14H19FN2O3/c1-10(2)20-8-4-7-16-13(18)14(19)17-12-6-3-5-11(15)9-12/h3,5-6,9-10H,4,7-8H2,1-2H3,(H,16,18)(H,17,19). The number of anilines is 1. The van der Waals surface area contributed by atoms with Crippen LogP contribution in [0.15, 0.2) is 24.3 Å². The van der Waals surface area contributed by atoms with E-state index in [1.54, 1.807) is 0 Å². The van der Waals surface area contributed by atoms with Gasteiger partial charge in [-0.3, -0.25) is 9.59 Å². The fourth-order valence-corrected chi connectivity index (χ4v) is 1.43. The fraction of sp³-hybridized carbons (Fsp3) is 0.429. The molecule has 0 fully saturated rings. The van der Waals surface area contributed by atoms with Crippen LogP contribution in [-0.4, -0.2) is 31.1 Å². The maximum absolute atomic E-state index is 12.9. The van der Waals surface area contributed by atoms with Crippen molar-refractivity contribution in [1.82, 2.24) is 5.32 Å². The Hall–Kier alpha value is -1.95. The first-order chi connectivity index (χ1) is 9.49. The molecule has 6 heteroatoms. The Morgan fingerprint density at radius 2 is 2.05 bits per heavy atom. The molecule has 2 amide bonds. The van der Waals surface area contributed by atoms with Gasteiger partial charge in [-0.05, 0) is 38.5 Å². The highest BCUT2D eigenvalue weighted by Gasteiger charge is 2.13. The molecule has 1 rings (SSSR count). The van der Waals surface area contributed by atoms with Crippen LogP contribution in [0.2, 0.25) is 0 Å². The summed E-state index contributed by atoms with van der Waals surface area (Å²) >= 11 is 0. The van der Waals surface area contributed by atoms with E-state index >= 15 is 0 Å². The number of halogens is 1. The van der Waals surface area contributed by atoms with Crippen LogP contribution in [0.1, 0.15) is 20.3 Å². The molecule has 5 nitrogen and oxygen atoms in total. The van der Waals surface area contributed by atoms with Crippen molar-refractivity contribution in [3.63, 3.8) is 0 Å². The molecular formula is C14H19FN2O3. The monoisotopic (exact) mass is 282 g/mol. The average Bonchev–Trinajstić information content (AvgIpc) is 2.37. The van der Waals surface area contributed by atoms with Crippen molar-refractivity contribution in [2.24, 2.45) is 0 Å². The number of nitrogens with one attached hydrogen (secondary N) is 2. The van der Waals surface area contributed by atoms with Crippen LogP contribution in [0.25, 0.3) is 0 Å². The highest BCUT2D eigenvalue weighted by molar-refractivity contribution is 6.39. The first-order valence-corrected chi connectivity index (χ1v) is 6.45. The molecule has 0 aromatic heterocycles. The lowest BCUT2D eigenvalue weighted by molar-refractivity contribution is -0.136. The Morgan fingerprint density at radius 1 is 1.30 bits per heavy atom. The summed E-state index contributed by atoms with van der Waals surface area (Å²) in [7, 11) is 0. The number of rotatable bonds is 6. The number of amides is 2. The molecule has 0 heterocycles. The van der Waals surface area contributed by atoms with E-state index < -0.39 is 17.6 Å². The maximum atomic E-state index is 12.9. The van der Waals surface area contributed by atoms with Gasteiger partial charge in [-0.15, -0.1) is 0 Å². The van der Waals surface area contributed by atoms with Crippen molar-refractivity contribution in [3.05, 3.63) is 30.1 Å². The Morgan fingerprint density at radius 3 is 2.70 bits per heavy atom. The number of carbonyl (C=O) groups excluding carboxylic acids is 2. The number of hydrogen-bond donors (Lipinski definition) is 2. The van der Waals surface area contributed by atoms with Crippen molar-refractivity contribution >= 4 is 17.5 Å². The minimum atomic E-state index is -0.819. The van der Waals surface area contributed by atoms with E-state index in [2.05, 4.69) is 10.6 Å². The minimum absolute atomic E-state index is 0.141. The van der Waals surface area contributed by atoms with Crippen LogP contribution in [0.3, 0.4) is 0 Å². The summed E-state index contributed by atoms with van der Waals surface area (Å²) in [5.41, 5.74) is 0.244. The first kappa shape index (κ1) is 16.1. The normalized spacial score (nSPS) is 10.4. The molecule has 1 aromatic carbocycles. The highest BCUT2D eigenvalue weighted by Crippen LogP contribution is 2.08. The van der Waals surface area contributed by atoms with Crippen LogP contribution in [-0.2, 0) is 14.3 Å². The van der Waals surface area contributed by atoms with E-state index in [9.17, 15) is 14.0 Å². The topological polar surface area (TPSA) is 67.4 Å². The number of ether oxygens (including phenoxy) is 1. The smallest absolute Gasteiger partial charge is 0.313 e. The van der Waals surface area contributed by atoms with Gasteiger partial charge in [0.2, 0.25) is 0 Å². The van der Waals surface area contributed by atoms with Gasteiger partial charge in [0, 0.05) is 18.8 Å². The number of carbonyl (C=O) groups is 2. The summed E-state index contributed by atoms with van der Waals surface area (Å²) in [6, 6.07) is 5.35. The molecule has 0 aliphatic rings. The average molecular weight is 282 g/mol. The molecule has 20 heavy (non-hydrogen) atoms. The van der Waals surface area contributed by atoms with Crippen molar-refractivity contribution in [3.8, 4) is 0 Å². The van der Waals surface area contributed by atoms with E-state index in [1.165, 1.54) is 18.2 Å². The van der Waals surface area contributed by atoms with Crippen LogP contribution in [0.4, 0.5) is 10.1 Å². The van der Waals surface area contributed by atoms with E-state index in [4.69, 9.17) is 4.74 Å². The van der Waals surface area contributed by atoms with Crippen molar-refractivity contribution in [2.75, 3.05) is 18.5 Å². The second-order valence-electron chi connectivity index (χ2n) is 4.49. The van der Waals surface area contributed by atoms with Gasteiger partial charge in [-0.25, -0.2) is 4.39 Å². The summed E-state index contributed by atoms with van der Waals surface area (Å²) in [6.07, 6.45) is 0.763. The quantitative estimate of drug-likeness (QED) is 0.616. The minimum Gasteiger partial charge on any atom is -0.379 e. The Labute approximate surface area is 117 Å². The number of hydrogen-bond acceptors (Lipinski definition) is 3. The van der Waals surface area contributed by atoms with Crippen molar-refractivity contribution in [1.29, 1.82) is 0 Å². The van der Waals surface area contributed by atoms with Gasteiger partial charge in [0.25, 0.3) is 0 Å². The van der Waals surface area contributed by atoms with Crippen LogP contribution in [0, 0.1) is 5.82 Å². The molecule has 2 N–H and O–H groups in total. The fourth-order valence-electron chi connectivity index (χ4n) is 1.43. The van der Waals surface area contributed by atoms with E-state index in [1.807, 2.05) is 13.8 Å². The molecule has 0 saturated heterocycles. The summed E-state index contributed by atoms with van der Waals surface area (Å²) in [5, 5.41) is 4.79. The van der Waals surface area contributed by atoms with Gasteiger partial charge in [0.1, 0.15) is 5.82 Å². The van der Waals surface area contributed by atoms with Crippen molar-refractivity contribution in [2.45, 2.75) is 26.4 Å². The van der Waals surface area contributed by atoms with Gasteiger partial charge < -0.3 is 15.4 Å². The Bertz CT molecular complexity index is 463. The SMILES string of the molecule is CC(C)OCCCNC(=O)C(=O)Nc1cccc(F)c1. The molecule has 0 spiro atoms. The molecule has 0 aliphatic carbocycles. The molecule has 110 valence electrons. The lowest BCUT2D eigenvalue weighted by Gasteiger charge is -2.08. The molecule has 0 bridgehead atoms. The third kappa shape index (κ3) is 6.29. The molecule has 1 aromatic rings. The van der Waals surface area contributed by atoms with Gasteiger partial charge >= 0.3 is 11.8 Å². The summed E-state index contributed by atoms with van der Waals surface area (Å²) in [4.78, 5) is 23.0. The molecule has 0 unspecified atom stereocenters. The Kier molecular flexibility index (Phi) is 6.66. The maximum Gasteiger partial charge on any atom is 0.313 e. The van der Waals surface area contributed by atoms with Crippen LogP contribution in [0.5, 0.6) is 0 Å². The summed E-state index contributed by atoms with van der Waals surface area (Å²) in [5.74, 6) is -2.05.